The van der Waals surface area contributed by atoms with Gasteiger partial charge < -0.3 is 15.0 Å². The lowest BCUT2D eigenvalue weighted by Crippen LogP contribution is -2.16. The molecule has 0 bridgehead atoms. The second kappa shape index (κ2) is 6.34. The minimum atomic E-state index is -0.113. The molecule has 0 saturated heterocycles. The van der Waals surface area contributed by atoms with Crippen molar-refractivity contribution in [2.75, 3.05) is 12.4 Å². The van der Waals surface area contributed by atoms with Gasteiger partial charge in [0, 0.05) is 28.9 Å². The summed E-state index contributed by atoms with van der Waals surface area (Å²) in [5, 5.41) is 4.90. The fraction of sp³-hybridized carbons (Fsp3) is 0.167. The first-order valence-corrected chi connectivity index (χ1v) is 7.64. The van der Waals surface area contributed by atoms with Gasteiger partial charge in [0.05, 0.1) is 12.6 Å². The summed E-state index contributed by atoms with van der Waals surface area (Å²) in [6.45, 7) is 2.42. The minimum absolute atomic E-state index is 0.113. The lowest BCUT2D eigenvalue weighted by atomic mass is 10.1. The highest BCUT2D eigenvalue weighted by Crippen LogP contribution is 2.22. The zero-order valence-electron chi connectivity index (χ0n) is 12.9. The molecule has 0 atom stereocenters. The number of ether oxygens (including phenoxy) is 1. The Balaban J connectivity index is 1.89. The Bertz CT molecular complexity index is 919. The van der Waals surface area contributed by atoms with E-state index in [4.69, 9.17) is 16.3 Å². The molecule has 0 aliphatic carbocycles. The normalized spacial score (nSPS) is 10.7. The van der Waals surface area contributed by atoms with Crippen LogP contribution in [-0.4, -0.2) is 12.1 Å². The average molecular weight is 329 g/mol. The number of hydrogen-bond donors (Lipinski definition) is 2. The molecule has 3 aromatic rings. The first-order valence-electron chi connectivity index (χ1n) is 7.27. The maximum Gasteiger partial charge on any atom is 0.253 e. The average Bonchev–Trinajstić information content (AvgIpc) is 2.55. The summed E-state index contributed by atoms with van der Waals surface area (Å²) >= 11 is 6.02. The summed E-state index contributed by atoms with van der Waals surface area (Å²) in [7, 11) is 1.60. The molecule has 0 fully saturated rings. The molecule has 5 heteroatoms. The SMILES string of the molecule is COc1ccc2cc(CNc3cc(Cl)ccc3C)c(=O)[nH]c2c1. The van der Waals surface area contributed by atoms with Crippen molar-refractivity contribution in [2.45, 2.75) is 13.5 Å². The van der Waals surface area contributed by atoms with Crippen LogP contribution in [0, 0.1) is 6.92 Å². The van der Waals surface area contributed by atoms with Crippen molar-refractivity contribution in [2.24, 2.45) is 0 Å². The first-order chi connectivity index (χ1) is 11.1. The summed E-state index contributed by atoms with van der Waals surface area (Å²) in [5.41, 5.74) is 3.32. The number of anilines is 1. The summed E-state index contributed by atoms with van der Waals surface area (Å²) < 4.78 is 5.18. The molecule has 1 aromatic heterocycles. The fourth-order valence-corrected chi connectivity index (χ4v) is 2.63. The fourth-order valence-electron chi connectivity index (χ4n) is 2.46. The molecule has 23 heavy (non-hydrogen) atoms. The number of pyridine rings is 1. The summed E-state index contributed by atoms with van der Waals surface area (Å²) in [6.07, 6.45) is 0. The third kappa shape index (κ3) is 3.32. The molecule has 3 rings (SSSR count). The number of benzene rings is 2. The van der Waals surface area contributed by atoms with E-state index >= 15 is 0 Å². The van der Waals surface area contributed by atoms with Crippen molar-refractivity contribution in [3.05, 3.63) is 69.0 Å². The Hall–Kier alpha value is -2.46. The van der Waals surface area contributed by atoms with Gasteiger partial charge >= 0.3 is 0 Å². The molecule has 4 nitrogen and oxygen atoms in total. The molecule has 0 radical (unpaired) electrons. The Labute approximate surface area is 139 Å². The third-order valence-electron chi connectivity index (χ3n) is 3.80. The third-order valence-corrected chi connectivity index (χ3v) is 4.03. The number of fused-ring (bicyclic) bond motifs is 1. The molecule has 0 spiro atoms. The van der Waals surface area contributed by atoms with Gasteiger partial charge in [-0.2, -0.15) is 0 Å². The van der Waals surface area contributed by atoms with E-state index in [9.17, 15) is 4.79 Å². The topological polar surface area (TPSA) is 54.1 Å². The van der Waals surface area contributed by atoms with E-state index in [1.807, 2.05) is 49.4 Å². The van der Waals surface area contributed by atoms with Crippen molar-refractivity contribution in [1.29, 1.82) is 0 Å². The largest absolute Gasteiger partial charge is 0.497 e. The quantitative estimate of drug-likeness (QED) is 0.757. The number of rotatable bonds is 4. The molecule has 118 valence electrons. The number of H-pyrrole nitrogens is 1. The van der Waals surface area contributed by atoms with E-state index < -0.39 is 0 Å². The Morgan fingerprint density at radius 1 is 1.17 bits per heavy atom. The molecule has 0 aliphatic rings. The summed E-state index contributed by atoms with van der Waals surface area (Å²) in [6, 6.07) is 13.2. The van der Waals surface area contributed by atoms with Gasteiger partial charge in [-0.15, -0.1) is 0 Å². The van der Waals surface area contributed by atoms with Gasteiger partial charge in [-0.3, -0.25) is 4.79 Å². The van der Waals surface area contributed by atoms with Crippen LogP contribution in [0.1, 0.15) is 11.1 Å². The number of nitrogens with one attached hydrogen (secondary N) is 2. The molecule has 0 saturated carbocycles. The number of hydrogen-bond acceptors (Lipinski definition) is 3. The van der Waals surface area contributed by atoms with E-state index in [1.165, 1.54) is 0 Å². The predicted octanol–water partition coefficient (Wildman–Crippen LogP) is 4.11. The molecule has 2 N–H and O–H groups in total. The smallest absolute Gasteiger partial charge is 0.253 e. The van der Waals surface area contributed by atoms with Crippen molar-refractivity contribution in [3.8, 4) is 5.75 Å². The Kier molecular flexibility index (Phi) is 4.26. The first kappa shape index (κ1) is 15.4. The van der Waals surface area contributed by atoms with Crippen molar-refractivity contribution in [3.63, 3.8) is 0 Å². The highest BCUT2D eigenvalue weighted by atomic mass is 35.5. The molecule has 0 amide bonds. The van der Waals surface area contributed by atoms with E-state index in [0.29, 0.717) is 22.9 Å². The molecule has 1 heterocycles. The number of halogens is 1. The number of methoxy groups -OCH3 is 1. The number of aryl methyl sites for hydroxylation is 1. The Morgan fingerprint density at radius 3 is 2.78 bits per heavy atom. The standard InChI is InChI=1S/C18H17ClN2O2/c1-11-3-5-14(19)8-16(11)20-10-13-7-12-4-6-15(23-2)9-17(12)21-18(13)22/h3-9,20H,10H2,1-2H3,(H,21,22). The zero-order chi connectivity index (χ0) is 16.4. The second-order valence-electron chi connectivity index (χ2n) is 5.39. The van der Waals surface area contributed by atoms with Crippen LogP contribution in [-0.2, 0) is 6.54 Å². The van der Waals surface area contributed by atoms with Crippen LogP contribution in [0.4, 0.5) is 5.69 Å². The predicted molar refractivity (Wildman–Crippen MR) is 94.6 cm³/mol. The van der Waals surface area contributed by atoms with Gasteiger partial charge in [-0.05, 0) is 48.2 Å². The van der Waals surface area contributed by atoms with Gasteiger partial charge in [0.25, 0.3) is 5.56 Å². The van der Waals surface area contributed by atoms with Crippen molar-refractivity contribution in [1.82, 2.24) is 4.98 Å². The molecular weight excluding hydrogens is 312 g/mol. The van der Waals surface area contributed by atoms with Crippen LogP contribution >= 0.6 is 11.6 Å². The molecular formula is C18H17ClN2O2. The van der Waals surface area contributed by atoms with E-state index in [0.717, 1.165) is 22.2 Å². The Morgan fingerprint density at radius 2 is 2.00 bits per heavy atom. The molecule has 2 aromatic carbocycles. The van der Waals surface area contributed by atoms with Crippen LogP contribution in [0.2, 0.25) is 5.02 Å². The lowest BCUT2D eigenvalue weighted by Gasteiger charge is -2.10. The summed E-state index contributed by atoms with van der Waals surface area (Å²) in [4.78, 5) is 15.1. The maximum absolute atomic E-state index is 12.2. The van der Waals surface area contributed by atoms with Crippen LogP contribution in [0.15, 0.2) is 47.3 Å². The van der Waals surface area contributed by atoms with Crippen LogP contribution in [0.5, 0.6) is 5.75 Å². The van der Waals surface area contributed by atoms with Crippen molar-refractivity contribution < 1.29 is 4.74 Å². The minimum Gasteiger partial charge on any atom is -0.497 e. The highest BCUT2D eigenvalue weighted by molar-refractivity contribution is 6.30. The molecule has 0 unspecified atom stereocenters. The van der Waals surface area contributed by atoms with Crippen LogP contribution in [0.25, 0.3) is 10.9 Å². The maximum atomic E-state index is 12.2. The van der Waals surface area contributed by atoms with Crippen molar-refractivity contribution >= 4 is 28.2 Å². The lowest BCUT2D eigenvalue weighted by molar-refractivity contribution is 0.415. The number of aromatic nitrogens is 1. The van der Waals surface area contributed by atoms with E-state index in [-0.39, 0.29) is 5.56 Å². The summed E-state index contributed by atoms with van der Waals surface area (Å²) in [5.74, 6) is 0.716. The van der Waals surface area contributed by atoms with E-state index in [2.05, 4.69) is 10.3 Å². The van der Waals surface area contributed by atoms with Gasteiger partial charge in [0.1, 0.15) is 5.75 Å². The van der Waals surface area contributed by atoms with Crippen LogP contribution in [0.3, 0.4) is 0 Å². The van der Waals surface area contributed by atoms with E-state index in [1.54, 1.807) is 7.11 Å². The highest BCUT2D eigenvalue weighted by Gasteiger charge is 2.05. The van der Waals surface area contributed by atoms with Gasteiger partial charge in [-0.1, -0.05) is 17.7 Å². The number of aromatic amines is 1. The molecule has 0 aliphatic heterocycles. The van der Waals surface area contributed by atoms with Gasteiger partial charge in [0.15, 0.2) is 0 Å². The second-order valence-corrected chi connectivity index (χ2v) is 5.83. The monoisotopic (exact) mass is 328 g/mol. The van der Waals surface area contributed by atoms with Crippen LogP contribution < -0.4 is 15.6 Å². The van der Waals surface area contributed by atoms with Gasteiger partial charge in [-0.25, -0.2) is 0 Å². The van der Waals surface area contributed by atoms with Gasteiger partial charge in [0.2, 0.25) is 0 Å². The zero-order valence-corrected chi connectivity index (χ0v) is 13.7.